The molecule has 1 aliphatic heterocycles. The zero-order valence-corrected chi connectivity index (χ0v) is 21.0. The van der Waals surface area contributed by atoms with Crippen molar-refractivity contribution in [2.24, 2.45) is 0 Å². The number of anilines is 1. The number of hydrogen-bond donors (Lipinski definition) is 5. The number of hydrogen-bond acceptors (Lipinski definition) is 6. The van der Waals surface area contributed by atoms with E-state index in [4.69, 9.17) is 16.6 Å². The number of nitrogens with two attached hydrogens (primary N) is 1. The van der Waals surface area contributed by atoms with Crippen molar-refractivity contribution in [1.29, 1.82) is 10.8 Å². The molecule has 0 bridgehead atoms. The molecule has 184 valence electrons. The molecular weight excluding hydrogens is 434 g/mol. The van der Waals surface area contributed by atoms with E-state index in [2.05, 4.69) is 52.4 Å². The maximum absolute atomic E-state index is 8.85. The van der Waals surface area contributed by atoms with Gasteiger partial charge in [-0.05, 0) is 74.9 Å². The predicted octanol–water partition coefficient (Wildman–Crippen LogP) is 4.29. The molecule has 2 aromatic carbocycles. The SMILES string of the molecule is CN/C=C(\C=N)c1ccc(N)c(C(=N)c2cc3cc(CN(C)CC4CCCCN4C)ccc3[nH]2)c1. The second-order valence-corrected chi connectivity index (χ2v) is 9.64. The Morgan fingerprint density at radius 3 is 2.80 bits per heavy atom. The van der Waals surface area contributed by atoms with Crippen LogP contribution in [-0.4, -0.2) is 67.0 Å². The summed E-state index contributed by atoms with van der Waals surface area (Å²) in [6.45, 7) is 3.18. The smallest absolute Gasteiger partial charge is 0.0868 e. The quantitative estimate of drug-likeness (QED) is 0.237. The van der Waals surface area contributed by atoms with E-state index in [1.807, 2.05) is 18.2 Å². The van der Waals surface area contributed by atoms with E-state index in [0.717, 1.165) is 40.8 Å². The number of aromatic nitrogens is 1. The van der Waals surface area contributed by atoms with Gasteiger partial charge in [0.15, 0.2) is 0 Å². The Kier molecular flexibility index (Phi) is 7.68. The van der Waals surface area contributed by atoms with Gasteiger partial charge < -0.3 is 31.2 Å². The van der Waals surface area contributed by atoms with Crippen LogP contribution < -0.4 is 11.1 Å². The zero-order chi connectivity index (χ0) is 24.9. The van der Waals surface area contributed by atoms with Crippen LogP contribution in [0.5, 0.6) is 0 Å². The molecular formula is C28H37N7. The maximum atomic E-state index is 8.85. The van der Waals surface area contributed by atoms with Crippen molar-refractivity contribution in [2.75, 3.05) is 40.0 Å². The summed E-state index contributed by atoms with van der Waals surface area (Å²) in [6.07, 6.45) is 6.97. The summed E-state index contributed by atoms with van der Waals surface area (Å²) in [4.78, 5) is 8.29. The Morgan fingerprint density at radius 2 is 2.06 bits per heavy atom. The van der Waals surface area contributed by atoms with Gasteiger partial charge in [0.25, 0.3) is 0 Å². The molecule has 35 heavy (non-hydrogen) atoms. The molecule has 0 radical (unpaired) electrons. The molecule has 7 nitrogen and oxygen atoms in total. The van der Waals surface area contributed by atoms with Crippen molar-refractivity contribution in [3.8, 4) is 0 Å². The number of aromatic amines is 1. The molecule has 1 aromatic heterocycles. The molecule has 1 fully saturated rings. The van der Waals surface area contributed by atoms with Gasteiger partial charge in [-0.15, -0.1) is 0 Å². The first-order valence-electron chi connectivity index (χ1n) is 12.3. The number of benzene rings is 2. The number of H-pyrrole nitrogens is 1. The van der Waals surface area contributed by atoms with E-state index in [0.29, 0.717) is 23.0 Å². The van der Waals surface area contributed by atoms with Crippen LogP contribution in [0.2, 0.25) is 0 Å². The number of likely N-dealkylation sites (N-methyl/N-ethyl adjacent to an activating group) is 2. The maximum Gasteiger partial charge on any atom is 0.0868 e. The van der Waals surface area contributed by atoms with Crippen molar-refractivity contribution in [3.63, 3.8) is 0 Å². The summed E-state index contributed by atoms with van der Waals surface area (Å²) >= 11 is 0. The summed E-state index contributed by atoms with van der Waals surface area (Å²) < 4.78 is 0. The van der Waals surface area contributed by atoms with E-state index < -0.39 is 0 Å². The second-order valence-electron chi connectivity index (χ2n) is 9.64. The zero-order valence-electron chi connectivity index (χ0n) is 21.0. The van der Waals surface area contributed by atoms with Gasteiger partial charge in [0.05, 0.1) is 11.4 Å². The van der Waals surface area contributed by atoms with E-state index >= 15 is 0 Å². The Morgan fingerprint density at radius 1 is 1.23 bits per heavy atom. The average Bonchev–Trinajstić information content (AvgIpc) is 3.27. The lowest BCUT2D eigenvalue weighted by Gasteiger charge is -2.35. The molecule has 0 aliphatic carbocycles. The summed E-state index contributed by atoms with van der Waals surface area (Å²) in [5.74, 6) is 0. The molecule has 1 aliphatic rings. The highest BCUT2D eigenvalue weighted by atomic mass is 15.2. The van der Waals surface area contributed by atoms with Gasteiger partial charge in [0, 0.05) is 66.3 Å². The molecule has 1 unspecified atom stereocenters. The van der Waals surface area contributed by atoms with Crippen molar-refractivity contribution >= 4 is 34.1 Å². The molecule has 2 heterocycles. The van der Waals surface area contributed by atoms with Gasteiger partial charge in [0.2, 0.25) is 0 Å². The number of likely N-dealkylation sites (tertiary alicyclic amines) is 1. The first-order valence-corrected chi connectivity index (χ1v) is 12.3. The fraction of sp³-hybridized carbons (Fsp3) is 0.357. The Labute approximate surface area is 208 Å². The highest BCUT2D eigenvalue weighted by Gasteiger charge is 2.20. The number of rotatable bonds is 9. The lowest BCUT2D eigenvalue weighted by Crippen LogP contribution is -2.43. The second kappa shape index (κ2) is 10.9. The van der Waals surface area contributed by atoms with Crippen molar-refractivity contribution in [1.82, 2.24) is 20.1 Å². The van der Waals surface area contributed by atoms with Gasteiger partial charge in [-0.2, -0.15) is 0 Å². The van der Waals surface area contributed by atoms with Crippen molar-refractivity contribution in [2.45, 2.75) is 31.8 Å². The third-order valence-electron chi connectivity index (χ3n) is 6.96. The van der Waals surface area contributed by atoms with Gasteiger partial charge in [0.1, 0.15) is 0 Å². The summed E-state index contributed by atoms with van der Waals surface area (Å²) in [6, 6.07) is 14.7. The topological polar surface area (TPSA) is 108 Å². The van der Waals surface area contributed by atoms with E-state index in [1.54, 1.807) is 19.3 Å². The molecule has 3 aromatic rings. The van der Waals surface area contributed by atoms with Crippen LogP contribution in [0.15, 0.2) is 48.7 Å². The minimum atomic E-state index is 0.341. The van der Waals surface area contributed by atoms with Gasteiger partial charge in [-0.3, -0.25) is 5.41 Å². The molecule has 0 spiro atoms. The average molecular weight is 472 g/mol. The Balaban J connectivity index is 1.53. The minimum absolute atomic E-state index is 0.341. The van der Waals surface area contributed by atoms with Crippen LogP contribution >= 0.6 is 0 Å². The highest BCUT2D eigenvalue weighted by Crippen LogP contribution is 2.25. The lowest BCUT2D eigenvalue weighted by atomic mass is 9.99. The number of allylic oxidation sites excluding steroid dienone is 1. The minimum Gasteiger partial charge on any atom is -0.398 e. The van der Waals surface area contributed by atoms with Crippen molar-refractivity contribution in [3.05, 3.63) is 71.0 Å². The van der Waals surface area contributed by atoms with Crippen LogP contribution in [0.1, 0.15) is 41.6 Å². The molecule has 1 atom stereocenters. The number of nitrogens with one attached hydrogen (secondary N) is 4. The molecule has 7 heteroatoms. The molecule has 4 rings (SSSR count). The third-order valence-corrected chi connectivity index (χ3v) is 6.96. The fourth-order valence-electron chi connectivity index (χ4n) is 4.99. The van der Waals surface area contributed by atoms with Crippen LogP contribution in [0.4, 0.5) is 5.69 Å². The predicted molar refractivity (Wildman–Crippen MR) is 148 cm³/mol. The van der Waals surface area contributed by atoms with E-state index in [9.17, 15) is 0 Å². The number of nitrogen functional groups attached to an aromatic ring is 1. The van der Waals surface area contributed by atoms with E-state index in [-0.39, 0.29) is 0 Å². The van der Waals surface area contributed by atoms with Gasteiger partial charge in [-0.1, -0.05) is 18.6 Å². The largest absolute Gasteiger partial charge is 0.398 e. The first-order chi connectivity index (χ1) is 16.9. The summed E-state index contributed by atoms with van der Waals surface area (Å²) in [5.41, 5.74) is 12.4. The van der Waals surface area contributed by atoms with Gasteiger partial charge >= 0.3 is 0 Å². The molecule has 1 saturated heterocycles. The molecule has 0 amide bonds. The van der Waals surface area contributed by atoms with Crippen molar-refractivity contribution < 1.29 is 0 Å². The first kappa shape index (κ1) is 24.7. The highest BCUT2D eigenvalue weighted by molar-refractivity contribution is 6.16. The standard InChI is InChI=1S/C28H37N7/c1-32-16-22(15-29)20-8-9-25(30)24(13-20)28(31)27-14-21-12-19(7-10-26(21)33-27)17-34(2)18-23-6-4-5-11-35(23)3/h7-10,12-16,23,29,31-33H,4-6,11,17-18,30H2,1-3H3/b22-16+,29-15?,31-28?. The summed E-state index contributed by atoms with van der Waals surface area (Å²) in [7, 11) is 6.24. The monoisotopic (exact) mass is 471 g/mol. The number of piperidine rings is 1. The Hall–Kier alpha value is -3.42. The summed E-state index contributed by atoms with van der Waals surface area (Å²) in [5, 5.41) is 20.6. The number of nitrogens with zero attached hydrogens (tertiary/aromatic N) is 2. The molecule has 0 saturated carbocycles. The van der Waals surface area contributed by atoms with Crippen LogP contribution in [0, 0.1) is 10.8 Å². The van der Waals surface area contributed by atoms with Gasteiger partial charge in [-0.25, -0.2) is 0 Å². The normalized spacial score (nSPS) is 17.1. The number of fused-ring (bicyclic) bond motifs is 1. The third kappa shape index (κ3) is 5.63. The Bertz CT molecular complexity index is 1240. The lowest BCUT2D eigenvalue weighted by molar-refractivity contribution is 0.138. The van der Waals surface area contributed by atoms with Crippen LogP contribution in [-0.2, 0) is 6.54 Å². The van der Waals surface area contributed by atoms with Crippen LogP contribution in [0.25, 0.3) is 16.5 Å². The van der Waals surface area contributed by atoms with E-state index in [1.165, 1.54) is 37.6 Å². The van der Waals surface area contributed by atoms with Crippen LogP contribution in [0.3, 0.4) is 0 Å². The fourth-order valence-corrected chi connectivity index (χ4v) is 4.99. The molecule has 6 N–H and O–H groups in total.